The fourth-order valence-electron chi connectivity index (χ4n) is 2.38. The van der Waals surface area contributed by atoms with Gasteiger partial charge in [-0.3, -0.25) is 14.6 Å². The molecule has 2 aromatic heterocycles. The molecular formula is C15H15N3O3S. The second-order valence-electron chi connectivity index (χ2n) is 5.58. The molecule has 7 heteroatoms. The van der Waals surface area contributed by atoms with Gasteiger partial charge in [0.05, 0.1) is 18.0 Å². The van der Waals surface area contributed by atoms with Gasteiger partial charge < -0.3 is 10.1 Å². The Labute approximate surface area is 131 Å². The number of esters is 1. The van der Waals surface area contributed by atoms with E-state index in [-0.39, 0.29) is 18.3 Å². The van der Waals surface area contributed by atoms with Crippen molar-refractivity contribution in [2.75, 3.05) is 5.32 Å². The van der Waals surface area contributed by atoms with Crippen molar-refractivity contribution < 1.29 is 14.3 Å². The van der Waals surface area contributed by atoms with Gasteiger partial charge >= 0.3 is 5.97 Å². The number of pyridine rings is 1. The Hall–Kier alpha value is -2.28. The number of nitrogens with one attached hydrogen (secondary N) is 1. The van der Waals surface area contributed by atoms with Crippen molar-refractivity contribution in [2.24, 2.45) is 5.92 Å². The Balaban J connectivity index is 1.73. The largest absolute Gasteiger partial charge is 0.459 e. The standard InChI is InChI=1S/C15H15N3O3S/c1-15(2)9(7-12(19)21-15)13(20)18-14-17-11(8-22-14)10-5-3-4-6-16-10/h3-6,8-9H,7H2,1-2H3,(H,17,18,20)/t9-/m0/s1. The molecule has 0 aliphatic carbocycles. The molecule has 3 heterocycles. The lowest BCUT2D eigenvalue weighted by atomic mass is 9.90. The van der Waals surface area contributed by atoms with Gasteiger partial charge in [-0.1, -0.05) is 6.07 Å². The van der Waals surface area contributed by atoms with Crippen molar-refractivity contribution in [1.82, 2.24) is 9.97 Å². The van der Waals surface area contributed by atoms with Gasteiger partial charge in [0, 0.05) is 11.6 Å². The first-order chi connectivity index (χ1) is 10.5. The second-order valence-corrected chi connectivity index (χ2v) is 6.43. The molecule has 0 unspecified atom stereocenters. The van der Waals surface area contributed by atoms with Crippen molar-refractivity contribution in [2.45, 2.75) is 25.9 Å². The maximum Gasteiger partial charge on any atom is 0.307 e. The van der Waals surface area contributed by atoms with E-state index in [1.165, 1.54) is 11.3 Å². The summed E-state index contributed by atoms with van der Waals surface area (Å²) in [6.45, 7) is 3.48. The SMILES string of the molecule is CC1(C)OC(=O)C[C@H]1C(=O)Nc1nc(-c2ccccn2)cs1. The summed E-state index contributed by atoms with van der Waals surface area (Å²) in [7, 11) is 0. The maximum atomic E-state index is 12.3. The normalized spacial score (nSPS) is 19.7. The number of aromatic nitrogens is 2. The lowest BCUT2D eigenvalue weighted by Crippen LogP contribution is -2.36. The van der Waals surface area contributed by atoms with Crippen LogP contribution in [-0.2, 0) is 14.3 Å². The van der Waals surface area contributed by atoms with E-state index in [2.05, 4.69) is 15.3 Å². The van der Waals surface area contributed by atoms with Gasteiger partial charge in [0.1, 0.15) is 11.3 Å². The minimum Gasteiger partial charge on any atom is -0.459 e. The fraction of sp³-hybridized carbons (Fsp3) is 0.333. The molecule has 1 N–H and O–H groups in total. The van der Waals surface area contributed by atoms with Crippen molar-refractivity contribution in [1.29, 1.82) is 0 Å². The Morgan fingerprint density at radius 3 is 2.86 bits per heavy atom. The molecule has 1 aliphatic heterocycles. The third kappa shape index (κ3) is 2.85. The average Bonchev–Trinajstić information content (AvgIpc) is 3.03. The number of anilines is 1. The minimum atomic E-state index is -0.789. The number of amides is 1. The Bertz CT molecular complexity index is 712. The van der Waals surface area contributed by atoms with Crippen molar-refractivity contribution in [3.63, 3.8) is 0 Å². The van der Waals surface area contributed by atoms with Gasteiger partial charge in [-0.25, -0.2) is 4.98 Å². The molecule has 22 heavy (non-hydrogen) atoms. The molecule has 1 saturated heterocycles. The number of carbonyl (C=O) groups excluding carboxylic acids is 2. The number of rotatable bonds is 3. The number of cyclic esters (lactones) is 1. The summed E-state index contributed by atoms with van der Waals surface area (Å²) in [4.78, 5) is 32.3. The van der Waals surface area contributed by atoms with Crippen molar-refractivity contribution in [3.05, 3.63) is 29.8 Å². The lowest BCUT2D eigenvalue weighted by molar-refractivity contribution is -0.147. The van der Waals surface area contributed by atoms with Gasteiger partial charge in [-0.05, 0) is 26.0 Å². The summed E-state index contributed by atoms with van der Waals surface area (Å²) in [6, 6.07) is 5.56. The number of carbonyl (C=O) groups is 2. The maximum absolute atomic E-state index is 12.3. The lowest BCUT2D eigenvalue weighted by Gasteiger charge is -2.23. The zero-order valence-electron chi connectivity index (χ0n) is 12.2. The number of thiazole rings is 1. The van der Waals surface area contributed by atoms with Crippen LogP contribution in [0.3, 0.4) is 0 Å². The van der Waals surface area contributed by atoms with Gasteiger partial charge in [0.25, 0.3) is 0 Å². The monoisotopic (exact) mass is 317 g/mol. The predicted octanol–water partition coefficient (Wildman–Crippen LogP) is 2.49. The summed E-state index contributed by atoms with van der Waals surface area (Å²) in [5.74, 6) is -1.11. The third-order valence-electron chi connectivity index (χ3n) is 3.56. The van der Waals surface area contributed by atoms with Crippen LogP contribution in [-0.4, -0.2) is 27.4 Å². The molecule has 6 nitrogen and oxygen atoms in total. The van der Waals surface area contributed by atoms with Gasteiger partial charge in [-0.2, -0.15) is 0 Å². The van der Waals surface area contributed by atoms with Gasteiger partial charge in [0.2, 0.25) is 5.91 Å². The zero-order chi connectivity index (χ0) is 15.7. The molecule has 3 rings (SSSR count). The number of nitrogens with zero attached hydrogens (tertiary/aromatic N) is 2. The number of hydrogen-bond donors (Lipinski definition) is 1. The van der Waals surface area contributed by atoms with Crippen LogP contribution < -0.4 is 5.32 Å². The average molecular weight is 317 g/mol. The minimum absolute atomic E-state index is 0.0946. The highest BCUT2D eigenvalue weighted by Crippen LogP contribution is 2.33. The van der Waals surface area contributed by atoms with E-state index in [4.69, 9.17) is 4.74 Å². The summed E-state index contributed by atoms with van der Waals surface area (Å²) in [6.07, 6.45) is 1.79. The molecule has 0 spiro atoms. The molecule has 0 saturated carbocycles. The predicted molar refractivity (Wildman–Crippen MR) is 82.3 cm³/mol. The molecule has 114 valence electrons. The zero-order valence-corrected chi connectivity index (χ0v) is 13.0. The number of hydrogen-bond acceptors (Lipinski definition) is 6. The van der Waals surface area contributed by atoms with Crippen LogP contribution in [0.15, 0.2) is 29.8 Å². The van der Waals surface area contributed by atoms with E-state index in [1.807, 2.05) is 23.6 Å². The smallest absolute Gasteiger partial charge is 0.307 e. The first kappa shape index (κ1) is 14.6. The van der Waals surface area contributed by atoms with Crippen molar-refractivity contribution in [3.8, 4) is 11.4 Å². The van der Waals surface area contributed by atoms with E-state index in [0.29, 0.717) is 10.8 Å². The van der Waals surface area contributed by atoms with Crippen LogP contribution in [0, 0.1) is 5.92 Å². The molecule has 2 aromatic rings. The first-order valence-electron chi connectivity index (χ1n) is 6.85. The highest BCUT2D eigenvalue weighted by atomic mass is 32.1. The van der Waals surface area contributed by atoms with Gasteiger partial charge in [0.15, 0.2) is 5.13 Å². The van der Waals surface area contributed by atoms with E-state index in [1.54, 1.807) is 20.0 Å². The van der Waals surface area contributed by atoms with Crippen molar-refractivity contribution >= 4 is 28.3 Å². The molecule has 1 aliphatic rings. The Kier molecular flexibility index (Phi) is 3.66. The van der Waals surface area contributed by atoms with E-state index in [9.17, 15) is 9.59 Å². The summed E-state index contributed by atoms with van der Waals surface area (Å²) in [5, 5.41) is 5.08. The summed E-state index contributed by atoms with van der Waals surface area (Å²) in [5.41, 5.74) is 0.667. The molecular weight excluding hydrogens is 302 g/mol. The Morgan fingerprint density at radius 2 is 2.23 bits per heavy atom. The third-order valence-corrected chi connectivity index (χ3v) is 4.32. The fourth-order valence-corrected chi connectivity index (χ4v) is 3.09. The molecule has 0 aromatic carbocycles. The topological polar surface area (TPSA) is 81.2 Å². The first-order valence-corrected chi connectivity index (χ1v) is 7.73. The molecule has 0 radical (unpaired) electrons. The summed E-state index contributed by atoms with van der Waals surface area (Å²) < 4.78 is 5.17. The van der Waals surface area contributed by atoms with E-state index >= 15 is 0 Å². The second kappa shape index (κ2) is 5.49. The molecule has 1 amide bonds. The van der Waals surface area contributed by atoms with Crippen LogP contribution >= 0.6 is 11.3 Å². The molecule has 1 fully saturated rings. The highest BCUT2D eigenvalue weighted by Gasteiger charge is 2.46. The molecule has 1 atom stereocenters. The van der Waals surface area contributed by atoms with E-state index < -0.39 is 11.5 Å². The quantitative estimate of drug-likeness (QED) is 0.880. The van der Waals surface area contributed by atoms with Crippen LogP contribution in [0.2, 0.25) is 0 Å². The van der Waals surface area contributed by atoms with Crippen LogP contribution in [0.1, 0.15) is 20.3 Å². The van der Waals surface area contributed by atoms with Gasteiger partial charge in [-0.15, -0.1) is 11.3 Å². The highest BCUT2D eigenvalue weighted by molar-refractivity contribution is 7.14. The van der Waals surface area contributed by atoms with Crippen LogP contribution in [0.4, 0.5) is 5.13 Å². The Morgan fingerprint density at radius 1 is 1.41 bits per heavy atom. The molecule has 0 bridgehead atoms. The van der Waals surface area contributed by atoms with E-state index in [0.717, 1.165) is 5.69 Å². The summed E-state index contributed by atoms with van der Waals surface area (Å²) >= 11 is 1.32. The number of ether oxygens (including phenoxy) is 1. The van der Waals surface area contributed by atoms with Crippen LogP contribution in [0.5, 0.6) is 0 Å². The van der Waals surface area contributed by atoms with Crippen LogP contribution in [0.25, 0.3) is 11.4 Å².